The summed E-state index contributed by atoms with van der Waals surface area (Å²) in [7, 11) is 0. The highest BCUT2D eigenvalue weighted by Crippen LogP contribution is 2.39. The summed E-state index contributed by atoms with van der Waals surface area (Å²) in [5.41, 5.74) is -0.623. The summed E-state index contributed by atoms with van der Waals surface area (Å²) < 4.78 is 58.9. The molecule has 47 heavy (non-hydrogen) atoms. The number of nitrogens with zero attached hydrogens (tertiary/aromatic N) is 3. The number of carbonyl (C=O) groups is 2. The van der Waals surface area contributed by atoms with Gasteiger partial charge in [0.15, 0.2) is 22.5 Å². The molecule has 10 nitrogen and oxygen atoms in total. The molecule has 0 radical (unpaired) electrons. The van der Waals surface area contributed by atoms with Crippen LogP contribution in [-0.2, 0) is 17.5 Å². The van der Waals surface area contributed by atoms with E-state index in [1.54, 1.807) is 48.7 Å². The number of para-hydroxylation sites is 1. The molecule has 0 spiro atoms. The number of benzene rings is 3. The number of amides is 2. The van der Waals surface area contributed by atoms with E-state index in [1.807, 2.05) is 6.92 Å². The van der Waals surface area contributed by atoms with Gasteiger partial charge in [0.1, 0.15) is 0 Å². The SMILES string of the molecule is CCOc1cc(C(=O)NCc2nnc(SCC(=O)Nc3ccccc3C(F)(F)F)n2-c2ccc(Cl)c(Cl)c2)cc(OCC)c1OCC. The number of halogens is 5. The minimum absolute atomic E-state index is 0.112. The number of nitrogens with one attached hydrogen (secondary N) is 2. The van der Waals surface area contributed by atoms with E-state index in [4.69, 9.17) is 37.4 Å². The van der Waals surface area contributed by atoms with Gasteiger partial charge < -0.3 is 24.8 Å². The molecular weight excluding hydrogens is 682 g/mol. The minimum atomic E-state index is -4.65. The van der Waals surface area contributed by atoms with Gasteiger partial charge in [0, 0.05) is 5.56 Å². The topological polar surface area (TPSA) is 117 Å². The molecule has 0 aliphatic carbocycles. The molecule has 16 heteroatoms. The Balaban J connectivity index is 1.58. The molecule has 0 atom stereocenters. The van der Waals surface area contributed by atoms with Crippen molar-refractivity contribution in [1.29, 1.82) is 0 Å². The number of anilines is 1. The number of aromatic nitrogens is 3. The third-order valence-corrected chi connectivity index (χ3v) is 7.95. The smallest absolute Gasteiger partial charge is 0.418 e. The van der Waals surface area contributed by atoms with Gasteiger partial charge in [-0.1, -0.05) is 47.1 Å². The van der Waals surface area contributed by atoms with Gasteiger partial charge in [0.05, 0.1) is 59.1 Å². The minimum Gasteiger partial charge on any atom is -0.490 e. The first-order valence-corrected chi connectivity index (χ1v) is 16.0. The Morgan fingerprint density at radius 3 is 2.17 bits per heavy atom. The second-order valence-electron chi connectivity index (χ2n) is 9.50. The second-order valence-corrected chi connectivity index (χ2v) is 11.3. The highest BCUT2D eigenvalue weighted by Gasteiger charge is 2.33. The standard InChI is InChI=1S/C31H30Cl2F3N5O5S/c1-4-44-24-13-18(14-25(45-5-2)28(24)46-6-3)29(43)37-16-26-39-40-30(41(26)19-11-12-21(32)22(33)15-19)47-17-27(42)38-23-10-8-7-9-20(23)31(34,35)36/h7-15H,4-6,16-17H2,1-3H3,(H,37,43)(H,38,42). The highest BCUT2D eigenvalue weighted by atomic mass is 35.5. The molecule has 0 unspecified atom stereocenters. The summed E-state index contributed by atoms with van der Waals surface area (Å²) in [6.45, 7) is 6.34. The number of hydrogen-bond acceptors (Lipinski definition) is 8. The van der Waals surface area contributed by atoms with E-state index in [1.165, 1.54) is 18.2 Å². The summed E-state index contributed by atoms with van der Waals surface area (Å²) in [4.78, 5) is 26.1. The van der Waals surface area contributed by atoms with Gasteiger partial charge in [-0.2, -0.15) is 13.2 Å². The molecule has 3 aromatic carbocycles. The van der Waals surface area contributed by atoms with Crippen LogP contribution in [0.25, 0.3) is 5.69 Å². The maximum Gasteiger partial charge on any atom is 0.418 e. The van der Waals surface area contributed by atoms with Gasteiger partial charge in [0.2, 0.25) is 11.7 Å². The Morgan fingerprint density at radius 1 is 0.894 bits per heavy atom. The maximum absolute atomic E-state index is 13.4. The van der Waals surface area contributed by atoms with Crippen LogP contribution in [0.5, 0.6) is 17.2 Å². The fourth-order valence-corrected chi connectivity index (χ4v) is 5.39. The lowest BCUT2D eigenvalue weighted by molar-refractivity contribution is -0.137. The van der Waals surface area contributed by atoms with Crippen LogP contribution in [-0.4, -0.2) is 52.2 Å². The molecule has 1 heterocycles. The van der Waals surface area contributed by atoms with Crippen molar-refractivity contribution < 1.29 is 37.0 Å². The molecular formula is C31H30Cl2F3N5O5S. The predicted molar refractivity (Wildman–Crippen MR) is 173 cm³/mol. The Bertz CT molecular complexity index is 1710. The van der Waals surface area contributed by atoms with Crippen molar-refractivity contribution in [1.82, 2.24) is 20.1 Å². The highest BCUT2D eigenvalue weighted by molar-refractivity contribution is 7.99. The lowest BCUT2D eigenvalue weighted by Gasteiger charge is -2.17. The first kappa shape index (κ1) is 35.7. The van der Waals surface area contributed by atoms with Crippen LogP contribution in [0.2, 0.25) is 10.0 Å². The van der Waals surface area contributed by atoms with Gasteiger partial charge >= 0.3 is 6.18 Å². The van der Waals surface area contributed by atoms with E-state index in [-0.39, 0.29) is 39.6 Å². The van der Waals surface area contributed by atoms with Crippen molar-refractivity contribution in [2.45, 2.75) is 38.6 Å². The summed E-state index contributed by atoms with van der Waals surface area (Å²) in [5.74, 6) is -0.127. The second kappa shape index (κ2) is 16.1. The molecule has 4 aromatic rings. The van der Waals surface area contributed by atoms with Crippen LogP contribution in [0.3, 0.4) is 0 Å². The van der Waals surface area contributed by atoms with Crippen molar-refractivity contribution in [3.05, 3.63) is 81.6 Å². The normalized spacial score (nSPS) is 11.2. The van der Waals surface area contributed by atoms with Crippen LogP contribution in [0.15, 0.2) is 59.8 Å². The molecule has 0 saturated heterocycles. The third-order valence-electron chi connectivity index (χ3n) is 6.28. The monoisotopic (exact) mass is 711 g/mol. The predicted octanol–water partition coefficient (Wildman–Crippen LogP) is 7.45. The molecule has 1 aromatic heterocycles. The Morgan fingerprint density at radius 2 is 1.55 bits per heavy atom. The van der Waals surface area contributed by atoms with Crippen molar-refractivity contribution in [2.75, 3.05) is 30.9 Å². The van der Waals surface area contributed by atoms with E-state index in [0.29, 0.717) is 47.8 Å². The molecule has 2 N–H and O–H groups in total. The molecule has 0 saturated carbocycles. The van der Waals surface area contributed by atoms with Gasteiger partial charge in [0.25, 0.3) is 5.91 Å². The van der Waals surface area contributed by atoms with Crippen LogP contribution in [0.4, 0.5) is 18.9 Å². The zero-order chi connectivity index (χ0) is 34.1. The van der Waals surface area contributed by atoms with Gasteiger partial charge in [-0.05, 0) is 63.2 Å². The number of hydrogen-bond donors (Lipinski definition) is 2. The van der Waals surface area contributed by atoms with Crippen molar-refractivity contribution in [3.8, 4) is 22.9 Å². The maximum atomic E-state index is 13.4. The average Bonchev–Trinajstić information content (AvgIpc) is 3.44. The van der Waals surface area contributed by atoms with E-state index in [9.17, 15) is 22.8 Å². The first-order valence-electron chi connectivity index (χ1n) is 14.3. The molecule has 4 rings (SSSR count). The summed E-state index contributed by atoms with van der Waals surface area (Å²) >= 11 is 13.3. The first-order chi connectivity index (χ1) is 22.5. The fourth-order valence-electron chi connectivity index (χ4n) is 4.33. The van der Waals surface area contributed by atoms with E-state index in [2.05, 4.69) is 20.8 Å². The molecule has 0 aliphatic heterocycles. The van der Waals surface area contributed by atoms with Crippen molar-refractivity contribution in [3.63, 3.8) is 0 Å². The lowest BCUT2D eigenvalue weighted by atomic mass is 10.1. The molecule has 0 fully saturated rings. The van der Waals surface area contributed by atoms with E-state index >= 15 is 0 Å². The van der Waals surface area contributed by atoms with Crippen LogP contribution < -0.4 is 24.8 Å². The number of ether oxygens (including phenoxy) is 3. The largest absolute Gasteiger partial charge is 0.490 e. The zero-order valence-corrected chi connectivity index (χ0v) is 27.7. The number of rotatable bonds is 14. The van der Waals surface area contributed by atoms with Crippen LogP contribution >= 0.6 is 35.0 Å². The Kier molecular flexibility index (Phi) is 12.2. The third kappa shape index (κ3) is 9.02. The summed E-state index contributed by atoms with van der Waals surface area (Å²) in [6, 6.07) is 12.5. The van der Waals surface area contributed by atoms with Crippen LogP contribution in [0, 0.1) is 0 Å². The number of thioether (sulfide) groups is 1. The molecule has 250 valence electrons. The number of carbonyl (C=O) groups excluding carboxylic acids is 2. The van der Waals surface area contributed by atoms with Gasteiger partial charge in [-0.3, -0.25) is 14.2 Å². The van der Waals surface area contributed by atoms with Gasteiger partial charge in [-0.15, -0.1) is 10.2 Å². The van der Waals surface area contributed by atoms with E-state index in [0.717, 1.165) is 17.8 Å². The molecule has 2 amide bonds. The summed E-state index contributed by atoms with van der Waals surface area (Å²) in [6.07, 6.45) is -4.65. The Labute approximate surface area is 282 Å². The fraction of sp³-hybridized carbons (Fsp3) is 0.290. The molecule has 0 bridgehead atoms. The zero-order valence-electron chi connectivity index (χ0n) is 25.4. The molecule has 0 aliphatic rings. The Hall–Kier alpha value is -4.14. The van der Waals surface area contributed by atoms with Gasteiger partial charge in [-0.25, -0.2) is 0 Å². The number of alkyl halides is 3. The average molecular weight is 713 g/mol. The summed E-state index contributed by atoms with van der Waals surface area (Å²) in [5, 5.41) is 14.2. The van der Waals surface area contributed by atoms with E-state index < -0.39 is 23.6 Å². The van der Waals surface area contributed by atoms with Crippen LogP contribution in [0.1, 0.15) is 42.5 Å². The quantitative estimate of drug-likeness (QED) is 0.130. The van der Waals surface area contributed by atoms with Crippen molar-refractivity contribution in [2.24, 2.45) is 0 Å². The van der Waals surface area contributed by atoms with Crippen molar-refractivity contribution >= 4 is 52.5 Å². The lowest BCUT2D eigenvalue weighted by Crippen LogP contribution is -2.25.